The predicted molar refractivity (Wildman–Crippen MR) is 90.1 cm³/mol. The molecule has 0 spiro atoms. The van der Waals surface area contributed by atoms with Crippen molar-refractivity contribution in [1.29, 1.82) is 0 Å². The zero-order valence-electron chi connectivity index (χ0n) is 11.8. The summed E-state index contributed by atoms with van der Waals surface area (Å²) in [6, 6.07) is 14.9. The number of imidazole rings is 1. The molecule has 2 aromatic heterocycles. The first-order valence-corrected chi connectivity index (χ1v) is 7.49. The van der Waals surface area contributed by atoms with Crippen molar-refractivity contribution in [2.75, 3.05) is 0 Å². The van der Waals surface area contributed by atoms with Crippen LogP contribution in [0.3, 0.4) is 0 Å². The Bertz CT molecular complexity index is 905. The lowest BCUT2D eigenvalue weighted by Crippen LogP contribution is -1.95. The Morgan fingerprint density at radius 1 is 1.05 bits per heavy atom. The lowest BCUT2D eigenvalue weighted by molar-refractivity contribution is 0.797. The molecule has 0 bridgehead atoms. The summed E-state index contributed by atoms with van der Waals surface area (Å²) >= 11 is 6.20. The monoisotopic (exact) mass is 307 g/mol. The first kappa shape index (κ1) is 13.2. The van der Waals surface area contributed by atoms with Crippen LogP contribution in [0.2, 0.25) is 5.02 Å². The molecule has 4 aromatic rings. The zero-order chi connectivity index (χ0) is 14.9. The van der Waals surface area contributed by atoms with Crippen LogP contribution in [0.25, 0.3) is 22.0 Å². The minimum Gasteiger partial charge on any atom is -0.360 e. The highest BCUT2D eigenvalue weighted by molar-refractivity contribution is 6.35. The van der Waals surface area contributed by atoms with E-state index in [-0.39, 0.29) is 0 Å². The fraction of sp³-hybridized carbons (Fsp3) is 0.0556. The number of benzene rings is 2. The predicted octanol–water partition coefficient (Wildman–Crippen LogP) is 4.73. The van der Waals surface area contributed by atoms with Crippen LogP contribution in [0.1, 0.15) is 5.56 Å². The van der Waals surface area contributed by atoms with Gasteiger partial charge in [-0.25, -0.2) is 4.98 Å². The van der Waals surface area contributed by atoms with E-state index in [0.717, 1.165) is 22.5 Å². The number of nitrogens with one attached hydrogen (secondary N) is 1. The smallest absolute Gasteiger partial charge is 0.0949 e. The van der Waals surface area contributed by atoms with Crippen molar-refractivity contribution in [3.8, 4) is 11.1 Å². The molecule has 0 saturated carbocycles. The molecule has 2 aromatic carbocycles. The van der Waals surface area contributed by atoms with E-state index in [2.05, 4.69) is 57.0 Å². The second-order valence-corrected chi connectivity index (χ2v) is 5.74. The number of fused-ring (bicyclic) bond motifs is 1. The normalized spacial score (nSPS) is 11.1. The highest BCUT2D eigenvalue weighted by atomic mass is 35.5. The molecular weight excluding hydrogens is 294 g/mol. The van der Waals surface area contributed by atoms with Crippen LogP contribution in [0, 0.1) is 0 Å². The van der Waals surface area contributed by atoms with Gasteiger partial charge in [-0.2, -0.15) is 0 Å². The average Bonchev–Trinajstić information content (AvgIpc) is 3.18. The van der Waals surface area contributed by atoms with Crippen LogP contribution in [0.5, 0.6) is 0 Å². The summed E-state index contributed by atoms with van der Waals surface area (Å²) in [6.45, 7) is 0.836. The third-order valence-corrected chi connectivity index (χ3v) is 4.16. The molecule has 0 saturated heterocycles. The van der Waals surface area contributed by atoms with Gasteiger partial charge in [0.05, 0.1) is 11.3 Å². The number of hydrogen-bond acceptors (Lipinski definition) is 1. The largest absolute Gasteiger partial charge is 0.360 e. The standard InChI is InChI=1S/C18H14ClN3/c19-17-10-21-18-6-5-15(9-16(17)18)14-3-1-13(2-4-14)11-22-8-7-20-12-22/h1-10,12,21H,11H2. The molecule has 0 aliphatic heterocycles. The molecule has 0 atom stereocenters. The summed E-state index contributed by atoms with van der Waals surface area (Å²) in [5.41, 5.74) is 4.67. The fourth-order valence-electron chi connectivity index (χ4n) is 2.66. The highest BCUT2D eigenvalue weighted by Gasteiger charge is 2.04. The van der Waals surface area contributed by atoms with Gasteiger partial charge in [0.1, 0.15) is 0 Å². The minimum absolute atomic E-state index is 0.758. The number of H-pyrrole nitrogens is 1. The quantitative estimate of drug-likeness (QED) is 0.583. The Balaban J connectivity index is 1.65. The molecular formula is C18H14ClN3. The third kappa shape index (κ3) is 2.40. The van der Waals surface area contributed by atoms with Crippen molar-refractivity contribution in [1.82, 2.24) is 14.5 Å². The topological polar surface area (TPSA) is 33.6 Å². The van der Waals surface area contributed by atoms with E-state index >= 15 is 0 Å². The van der Waals surface area contributed by atoms with Gasteiger partial charge in [-0.1, -0.05) is 41.9 Å². The molecule has 4 rings (SSSR count). The third-order valence-electron chi connectivity index (χ3n) is 3.84. The molecule has 22 heavy (non-hydrogen) atoms. The molecule has 0 unspecified atom stereocenters. The van der Waals surface area contributed by atoms with Crippen LogP contribution in [-0.4, -0.2) is 14.5 Å². The van der Waals surface area contributed by atoms with Gasteiger partial charge in [0, 0.05) is 36.0 Å². The number of aromatic nitrogens is 3. The Hall–Kier alpha value is -2.52. The van der Waals surface area contributed by atoms with E-state index in [4.69, 9.17) is 11.6 Å². The van der Waals surface area contributed by atoms with Gasteiger partial charge in [-0.15, -0.1) is 0 Å². The summed E-state index contributed by atoms with van der Waals surface area (Å²) in [5.74, 6) is 0. The lowest BCUT2D eigenvalue weighted by Gasteiger charge is -2.06. The van der Waals surface area contributed by atoms with Gasteiger partial charge < -0.3 is 9.55 Å². The number of nitrogens with zero attached hydrogens (tertiary/aromatic N) is 2. The Kier molecular flexibility index (Phi) is 3.20. The van der Waals surface area contributed by atoms with Crippen molar-refractivity contribution in [2.24, 2.45) is 0 Å². The average molecular weight is 308 g/mol. The highest BCUT2D eigenvalue weighted by Crippen LogP contribution is 2.28. The van der Waals surface area contributed by atoms with Gasteiger partial charge >= 0.3 is 0 Å². The molecule has 3 nitrogen and oxygen atoms in total. The number of aromatic amines is 1. The van der Waals surface area contributed by atoms with E-state index in [1.165, 1.54) is 16.7 Å². The number of hydrogen-bond donors (Lipinski definition) is 1. The maximum atomic E-state index is 6.20. The summed E-state index contributed by atoms with van der Waals surface area (Å²) in [5, 5.41) is 1.82. The molecule has 108 valence electrons. The minimum atomic E-state index is 0.758. The van der Waals surface area contributed by atoms with E-state index in [1.54, 1.807) is 6.20 Å². The Morgan fingerprint density at radius 2 is 1.86 bits per heavy atom. The summed E-state index contributed by atoms with van der Waals surface area (Å²) in [4.78, 5) is 7.22. The van der Waals surface area contributed by atoms with Gasteiger partial charge in [-0.05, 0) is 28.8 Å². The number of halogens is 1. The zero-order valence-corrected chi connectivity index (χ0v) is 12.6. The van der Waals surface area contributed by atoms with E-state index in [0.29, 0.717) is 0 Å². The first-order chi connectivity index (χ1) is 10.8. The van der Waals surface area contributed by atoms with Gasteiger partial charge in [0.2, 0.25) is 0 Å². The van der Waals surface area contributed by atoms with Crippen LogP contribution >= 0.6 is 11.6 Å². The molecule has 1 N–H and O–H groups in total. The molecule has 0 amide bonds. The Morgan fingerprint density at radius 3 is 2.64 bits per heavy atom. The second-order valence-electron chi connectivity index (χ2n) is 5.33. The van der Waals surface area contributed by atoms with Gasteiger partial charge in [0.25, 0.3) is 0 Å². The molecule has 0 radical (unpaired) electrons. The SMILES string of the molecule is Clc1c[nH]c2ccc(-c3ccc(Cn4ccnc4)cc3)cc12. The summed E-state index contributed by atoms with van der Waals surface area (Å²) < 4.78 is 2.06. The molecule has 0 fully saturated rings. The molecule has 4 heteroatoms. The maximum Gasteiger partial charge on any atom is 0.0949 e. The van der Waals surface area contributed by atoms with Crippen LogP contribution < -0.4 is 0 Å². The van der Waals surface area contributed by atoms with E-state index in [1.807, 2.05) is 18.7 Å². The van der Waals surface area contributed by atoms with Crippen molar-refractivity contribution >= 4 is 22.5 Å². The first-order valence-electron chi connectivity index (χ1n) is 7.11. The van der Waals surface area contributed by atoms with E-state index in [9.17, 15) is 0 Å². The Labute approximate surface area is 133 Å². The molecule has 0 aliphatic rings. The maximum absolute atomic E-state index is 6.20. The second kappa shape index (κ2) is 5.35. The van der Waals surface area contributed by atoms with Crippen molar-refractivity contribution < 1.29 is 0 Å². The summed E-state index contributed by atoms with van der Waals surface area (Å²) in [7, 11) is 0. The van der Waals surface area contributed by atoms with Crippen molar-refractivity contribution in [2.45, 2.75) is 6.54 Å². The van der Waals surface area contributed by atoms with Crippen LogP contribution in [0.4, 0.5) is 0 Å². The lowest BCUT2D eigenvalue weighted by atomic mass is 10.0. The van der Waals surface area contributed by atoms with Crippen molar-refractivity contribution in [3.63, 3.8) is 0 Å². The van der Waals surface area contributed by atoms with Crippen LogP contribution in [0.15, 0.2) is 67.4 Å². The fourth-order valence-corrected chi connectivity index (χ4v) is 2.87. The summed E-state index contributed by atoms with van der Waals surface area (Å²) in [6.07, 6.45) is 7.42. The number of rotatable bonds is 3. The van der Waals surface area contributed by atoms with Crippen molar-refractivity contribution in [3.05, 3.63) is 78.0 Å². The van der Waals surface area contributed by atoms with Gasteiger partial charge in [-0.3, -0.25) is 0 Å². The van der Waals surface area contributed by atoms with Crippen LogP contribution in [-0.2, 0) is 6.54 Å². The molecule has 2 heterocycles. The molecule has 0 aliphatic carbocycles. The van der Waals surface area contributed by atoms with Gasteiger partial charge in [0.15, 0.2) is 0 Å². The van der Waals surface area contributed by atoms with E-state index < -0.39 is 0 Å².